The highest BCUT2D eigenvalue weighted by Crippen LogP contribution is 1.93. The van der Waals surface area contributed by atoms with Gasteiger partial charge in [-0.2, -0.15) is 0 Å². The number of allylic oxidation sites excluding steroid dienone is 1. The Kier molecular flexibility index (Phi) is 1.99. The molecule has 0 aliphatic carbocycles. The molecule has 0 spiro atoms. The number of aromatic nitrogens is 2. The molecule has 0 aliphatic heterocycles. The molecule has 3 heteroatoms. The molecule has 10 heavy (non-hydrogen) atoms. The van der Waals surface area contributed by atoms with Crippen LogP contribution in [0.3, 0.4) is 0 Å². The minimum absolute atomic E-state index is 0.0367. The number of nitrogens with zero attached hydrogens (tertiary/aromatic N) is 1. The van der Waals surface area contributed by atoms with Crippen LogP contribution in [0.15, 0.2) is 18.6 Å². The summed E-state index contributed by atoms with van der Waals surface area (Å²) in [7, 11) is 0. The number of carbonyl (C=O) groups excluding carboxylic acids is 1. The highest BCUT2D eigenvalue weighted by atomic mass is 16.1. The molecule has 0 saturated heterocycles. The quantitative estimate of drug-likeness (QED) is 0.617. The molecule has 0 unspecified atom stereocenters. The average molecular weight is 136 g/mol. The topological polar surface area (TPSA) is 45.8 Å². The fourth-order valence-electron chi connectivity index (χ4n) is 0.565. The van der Waals surface area contributed by atoms with E-state index in [1.807, 2.05) is 0 Å². The van der Waals surface area contributed by atoms with E-state index in [1.165, 1.54) is 13.0 Å². The number of aromatic amines is 1. The lowest BCUT2D eigenvalue weighted by Crippen LogP contribution is -1.79. The molecule has 52 valence electrons. The predicted octanol–water partition coefficient (Wildman–Crippen LogP) is 1.01. The van der Waals surface area contributed by atoms with Crippen molar-refractivity contribution in [2.75, 3.05) is 0 Å². The number of rotatable bonds is 2. The van der Waals surface area contributed by atoms with E-state index in [0.717, 1.165) is 5.69 Å². The molecule has 0 aliphatic rings. The van der Waals surface area contributed by atoms with Crippen LogP contribution in [0.1, 0.15) is 12.6 Å². The van der Waals surface area contributed by atoms with E-state index < -0.39 is 0 Å². The van der Waals surface area contributed by atoms with Crippen LogP contribution in [0.4, 0.5) is 0 Å². The van der Waals surface area contributed by atoms with Gasteiger partial charge in [-0.05, 0) is 19.1 Å². The molecule has 1 rings (SSSR count). The van der Waals surface area contributed by atoms with Crippen molar-refractivity contribution >= 4 is 11.9 Å². The van der Waals surface area contributed by atoms with Gasteiger partial charge < -0.3 is 4.98 Å². The van der Waals surface area contributed by atoms with Gasteiger partial charge in [0.1, 0.15) is 0 Å². The van der Waals surface area contributed by atoms with E-state index in [2.05, 4.69) is 9.97 Å². The number of ketones is 1. The van der Waals surface area contributed by atoms with Crippen molar-refractivity contribution in [3.05, 3.63) is 24.3 Å². The number of carbonyl (C=O) groups is 1. The monoisotopic (exact) mass is 136 g/mol. The first-order chi connectivity index (χ1) is 4.79. The Morgan fingerprint density at radius 3 is 3.10 bits per heavy atom. The lowest BCUT2D eigenvalue weighted by atomic mass is 10.3. The molecule has 1 N–H and O–H groups in total. The summed E-state index contributed by atoms with van der Waals surface area (Å²) in [6.45, 7) is 1.51. The second kappa shape index (κ2) is 2.96. The van der Waals surface area contributed by atoms with Crippen LogP contribution in [0.2, 0.25) is 0 Å². The fourth-order valence-corrected chi connectivity index (χ4v) is 0.565. The van der Waals surface area contributed by atoms with Crippen molar-refractivity contribution in [1.82, 2.24) is 9.97 Å². The first-order valence-corrected chi connectivity index (χ1v) is 2.96. The van der Waals surface area contributed by atoms with E-state index in [9.17, 15) is 4.79 Å². The van der Waals surface area contributed by atoms with Crippen LogP contribution in [-0.2, 0) is 4.79 Å². The average Bonchev–Trinajstić information content (AvgIpc) is 2.34. The molecule has 1 aromatic rings. The second-order valence-electron chi connectivity index (χ2n) is 1.95. The molecule has 0 bridgehead atoms. The van der Waals surface area contributed by atoms with Crippen LogP contribution < -0.4 is 0 Å². The van der Waals surface area contributed by atoms with E-state index in [1.54, 1.807) is 18.6 Å². The van der Waals surface area contributed by atoms with Crippen LogP contribution in [0.25, 0.3) is 6.08 Å². The van der Waals surface area contributed by atoms with E-state index in [4.69, 9.17) is 0 Å². The third kappa shape index (κ3) is 1.85. The third-order valence-electron chi connectivity index (χ3n) is 1.02. The summed E-state index contributed by atoms with van der Waals surface area (Å²) in [4.78, 5) is 17.0. The van der Waals surface area contributed by atoms with Crippen LogP contribution >= 0.6 is 0 Å². The Bertz CT molecular complexity index is 236. The van der Waals surface area contributed by atoms with Gasteiger partial charge in [-0.3, -0.25) is 4.79 Å². The van der Waals surface area contributed by atoms with Crippen LogP contribution in [0, 0.1) is 0 Å². The molecular formula is C7H8N2O. The van der Waals surface area contributed by atoms with Gasteiger partial charge in [0.15, 0.2) is 5.78 Å². The Hall–Kier alpha value is -1.38. The van der Waals surface area contributed by atoms with Gasteiger partial charge >= 0.3 is 0 Å². The Morgan fingerprint density at radius 2 is 2.60 bits per heavy atom. The van der Waals surface area contributed by atoms with Gasteiger partial charge in [0.2, 0.25) is 0 Å². The lowest BCUT2D eigenvalue weighted by Gasteiger charge is -1.79. The fraction of sp³-hybridized carbons (Fsp3) is 0.143. The zero-order valence-electron chi connectivity index (χ0n) is 5.66. The van der Waals surface area contributed by atoms with Gasteiger partial charge in [-0.1, -0.05) is 0 Å². The molecule has 0 fully saturated rings. The van der Waals surface area contributed by atoms with Crippen molar-refractivity contribution in [1.29, 1.82) is 0 Å². The lowest BCUT2D eigenvalue weighted by molar-refractivity contribution is -0.112. The third-order valence-corrected chi connectivity index (χ3v) is 1.02. The van der Waals surface area contributed by atoms with Crippen LogP contribution in [0.5, 0.6) is 0 Å². The summed E-state index contributed by atoms with van der Waals surface area (Å²) in [5.74, 6) is 0.0367. The summed E-state index contributed by atoms with van der Waals surface area (Å²) in [5.41, 5.74) is 0.843. The molecule has 0 amide bonds. The molecule has 0 radical (unpaired) electrons. The normalized spacial score (nSPS) is 10.5. The maximum absolute atomic E-state index is 10.4. The molecule has 0 atom stereocenters. The Labute approximate surface area is 58.8 Å². The van der Waals surface area contributed by atoms with Crippen molar-refractivity contribution in [2.45, 2.75) is 6.92 Å². The minimum Gasteiger partial charge on any atom is -0.345 e. The SMILES string of the molecule is CC(=O)C=Cc1cnc[nH]1. The summed E-state index contributed by atoms with van der Waals surface area (Å²) < 4.78 is 0. The van der Waals surface area contributed by atoms with Gasteiger partial charge in [0.25, 0.3) is 0 Å². The van der Waals surface area contributed by atoms with E-state index in [0.29, 0.717) is 0 Å². The Balaban J connectivity index is 2.64. The second-order valence-corrected chi connectivity index (χ2v) is 1.95. The first kappa shape index (κ1) is 6.74. The summed E-state index contributed by atoms with van der Waals surface area (Å²) >= 11 is 0. The van der Waals surface area contributed by atoms with E-state index in [-0.39, 0.29) is 5.78 Å². The smallest absolute Gasteiger partial charge is 0.152 e. The molecule has 0 aromatic carbocycles. The van der Waals surface area contributed by atoms with E-state index >= 15 is 0 Å². The number of nitrogens with one attached hydrogen (secondary N) is 1. The number of imidazole rings is 1. The summed E-state index contributed by atoms with van der Waals surface area (Å²) in [5, 5.41) is 0. The van der Waals surface area contributed by atoms with Gasteiger partial charge in [0, 0.05) is 0 Å². The molecule has 3 nitrogen and oxygen atoms in total. The largest absolute Gasteiger partial charge is 0.345 e. The number of hydrogen-bond donors (Lipinski definition) is 1. The van der Waals surface area contributed by atoms with Gasteiger partial charge in [-0.15, -0.1) is 0 Å². The molecule has 1 heterocycles. The molecule has 0 saturated carbocycles. The van der Waals surface area contributed by atoms with Crippen molar-refractivity contribution < 1.29 is 4.79 Å². The number of H-pyrrole nitrogens is 1. The highest BCUT2D eigenvalue weighted by Gasteiger charge is 1.85. The summed E-state index contributed by atoms with van der Waals surface area (Å²) in [6.07, 6.45) is 6.40. The standard InChI is InChI=1S/C7H8N2O/c1-6(10)2-3-7-4-8-5-9-7/h2-5H,1H3,(H,8,9). The number of hydrogen-bond acceptors (Lipinski definition) is 2. The van der Waals surface area contributed by atoms with Crippen LogP contribution in [-0.4, -0.2) is 15.8 Å². The van der Waals surface area contributed by atoms with Crippen molar-refractivity contribution in [2.24, 2.45) is 0 Å². The Morgan fingerprint density at radius 1 is 1.80 bits per heavy atom. The van der Waals surface area contributed by atoms with Gasteiger partial charge in [0.05, 0.1) is 18.2 Å². The first-order valence-electron chi connectivity index (χ1n) is 2.96. The minimum atomic E-state index is 0.0367. The highest BCUT2D eigenvalue weighted by molar-refractivity contribution is 5.91. The summed E-state index contributed by atoms with van der Waals surface area (Å²) in [6, 6.07) is 0. The zero-order valence-corrected chi connectivity index (χ0v) is 5.66. The maximum Gasteiger partial charge on any atom is 0.152 e. The van der Waals surface area contributed by atoms with Gasteiger partial charge in [-0.25, -0.2) is 4.98 Å². The predicted molar refractivity (Wildman–Crippen MR) is 38.3 cm³/mol. The zero-order chi connectivity index (χ0) is 7.40. The van der Waals surface area contributed by atoms with Crippen molar-refractivity contribution in [3.63, 3.8) is 0 Å². The molecular weight excluding hydrogens is 128 g/mol. The van der Waals surface area contributed by atoms with Crippen molar-refractivity contribution in [3.8, 4) is 0 Å². The maximum atomic E-state index is 10.4. The molecule has 1 aromatic heterocycles.